The number of aromatic nitrogens is 3. The summed E-state index contributed by atoms with van der Waals surface area (Å²) in [5.74, 6) is 0. The van der Waals surface area contributed by atoms with Crippen LogP contribution in [0.25, 0.3) is 11.3 Å². The summed E-state index contributed by atoms with van der Waals surface area (Å²) in [6, 6.07) is 11.8. The first-order chi connectivity index (χ1) is 9.72. The molecule has 1 aromatic carbocycles. The van der Waals surface area contributed by atoms with Crippen LogP contribution < -0.4 is 0 Å². The Hall–Kier alpha value is -1.30. The molecule has 0 atom stereocenters. The Bertz CT molecular complexity index is 710. The first kappa shape index (κ1) is 13.7. The van der Waals surface area contributed by atoms with Crippen molar-refractivity contribution in [3.8, 4) is 11.3 Å². The smallest absolute Gasteiger partial charge is 0.106 e. The molecule has 20 heavy (non-hydrogen) atoms. The summed E-state index contributed by atoms with van der Waals surface area (Å²) in [6.07, 6.45) is 3.52. The van der Waals surface area contributed by atoms with Crippen molar-refractivity contribution in [2.24, 2.45) is 0 Å². The zero-order chi connectivity index (χ0) is 13.9. The van der Waals surface area contributed by atoms with Crippen molar-refractivity contribution in [2.75, 3.05) is 0 Å². The summed E-state index contributed by atoms with van der Waals surface area (Å²) in [4.78, 5) is 5.31. The van der Waals surface area contributed by atoms with Crippen LogP contribution in [0.15, 0.2) is 63.2 Å². The third-order valence-corrected chi connectivity index (χ3v) is 4.37. The summed E-state index contributed by atoms with van der Waals surface area (Å²) in [5.41, 5.74) is 1.98. The molecule has 1 N–H and O–H groups in total. The van der Waals surface area contributed by atoms with E-state index in [2.05, 4.69) is 31.1 Å². The molecule has 0 spiro atoms. The van der Waals surface area contributed by atoms with Gasteiger partial charge in [-0.05, 0) is 24.3 Å². The third kappa shape index (κ3) is 3.06. The Labute approximate surface area is 133 Å². The molecule has 100 valence electrons. The lowest BCUT2D eigenvalue weighted by Gasteiger charge is -2.02. The van der Waals surface area contributed by atoms with Gasteiger partial charge in [0.2, 0.25) is 0 Å². The number of nitrogens with zero attached hydrogens (tertiary/aromatic N) is 2. The van der Waals surface area contributed by atoms with E-state index in [-0.39, 0.29) is 0 Å². The van der Waals surface area contributed by atoms with Gasteiger partial charge >= 0.3 is 0 Å². The van der Waals surface area contributed by atoms with E-state index in [0.29, 0.717) is 5.02 Å². The summed E-state index contributed by atoms with van der Waals surface area (Å²) in [5, 5.41) is 8.74. The molecule has 2 heterocycles. The van der Waals surface area contributed by atoms with E-state index in [1.54, 1.807) is 18.0 Å². The predicted octanol–water partition coefficient (Wildman–Crippen LogP) is 5.04. The number of pyridine rings is 1. The molecule has 0 aliphatic rings. The van der Waals surface area contributed by atoms with Gasteiger partial charge in [-0.15, -0.1) is 0 Å². The van der Waals surface area contributed by atoms with Gasteiger partial charge in [0.05, 0.1) is 9.92 Å². The van der Waals surface area contributed by atoms with Crippen molar-refractivity contribution in [3.05, 3.63) is 58.3 Å². The average Bonchev–Trinajstić information content (AvgIpc) is 2.90. The van der Waals surface area contributed by atoms with Crippen LogP contribution in [-0.2, 0) is 0 Å². The van der Waals surface area contributed by atoms with Crippen LogP contribution in [0, 0.1) is 0 Å². The van der Waals surface area contributed by atoms with E-state index >= 15 is 0 Å². The highest BCUT2D eigenvalue weighted by Gasteiger charge is 2.10. The van der Waals surface area contributed by atoms with E-state index in [0.717, 1.165) is 25.7 Å². The van der Waals surface area contributed by atoms with Gasteiger partial charge in [0.1, 0.15) is 10.7 Å². The van der Waals surface area contributed by atoms with E-state index in [1.807, 2.05) is 42.6 Å². The Morgan fingerprint density at radius 2 is 1.90 bits per heavy atom. The fourth-order valence-corrected chi connectivity index (χ4v) is 2.92. The topological polar surface area (TPSA) is 41.6 Å². The van der Waals surface area contributed by atoms with Crippen LogP contribution in [0.4, 0.5) is 0 Å². The average molecular weight is 367 g/mol. The van der Waals surface area contributed by atoms with Crippen molar-refractivity contribution < 1.29 is 0 Å². The molecule has 0 aliphatic carbocycles. The fourth-order valence-electron chi connectivity index (χ4n) is 1.71. The lowest BCUT2D eigenvalue weighted by Crippen LogP contribution is -1.82. The van der Waals surface area contributed by atoms with Crippen molar-refractivity contribution in [1.82, 2.24) is 15.2 Å². The minimum absolute atomic E-state index is 0.634. The predicted molar refractivity (Wildman–Crippen MR) is 85.1 cm³/mol. The first-order valence-corrected chi connectivity index (χ1v) is 7.80. The van der Waals surface area contributed by atoms with Crippen molar-refractivity contribution in [3.63, 3.8) is 0 Å². The molecule has 0 amide bonds. The first-order valence-electron chi connectivity index (χ1n) is 5.81. The highest BCUT2D eigenvalue weighted by Crippen LogP contribution is 2.34. The molecule has 0 saturated carbocycles. The van der Waals surface area contributed by atoms with E-state index < -0.39 is 0 Å². The second-order valence-electron chi connectivity index (χ2n) is 4.02. The summed E-state index contributed by atoms with van der Waals surface area (Å²) >= 11 is 10.8. The number of hydrogen-bond acceptors (Lipinski definition) is 3. The third-order valence-electron chi connectivity index (χ3n) is 2.64. The van der Waals surface area contributed by atoms with E-state index in [1.165, 1.54) is 0 Å². The van der Waals surface area contributed by atoms with Crippen molar-refractivity contribution >= 4 is 39.3 Å². The lowest BCUT2D eigenvalue weighted by atomic mass is 10.2. The van der Waals surface area contributed by atoms with Crippen molar-refractivity contribution in [2.45, 2.75) is 9.92 Å². The van der Waals surface area contributed by atoms with Gasteiger partial charge in [0.15, 0.2) is 0 Å². The van der Waals surface area contributed by atoms with Crippen LogP contribution in [0.3, 0.4) is 0 Å². The number of halogens is 2. The van der Waals surface area contributed by atoms with Gasteiger partial charge in [0.25, 0.3) is 0 Å². The quantitative estimate of drug-likeness (QED) is 0.706. The SMILES string of the molecule is Clc1ccc(Sc2c[nH]nc2-c2ccc(Br)cc2)nc1. The normalized spacial score (nSPS) is 10.7. The number of hydrogen-bond donors (Lipinski definition) is 1. The molecule has 6 heteroatoms. The number of H-pyrrole nitrogens is 1. The van der Waals surface area contributed by atoms with Gasteiger partial charge in [-0.3, -0.25) is 5.10 Å². The molecule has 0 radical (unpaired) electrons. The summed E-state index contributed by atoms with van der Waals surface area (Å²) in [6.45, 7) is 0. The number of benzene rings is 1. The van der Waals surface area contributed by atoms with Crippen LogP contribution in [0.2, 0.25) is 5.02 Å². The Morgan fingerprint density at radius 1 is 1.10 bits per heavy atom. The Balaban J connectivity index is 1.90. The fraction of sp³-hybridized carbons (Fsp3) is 0. The molecule has 3 aromatic rings. The van der Waals surface area contributed by atoms with Gasteiger partial charge < -0.3 is 0 Å². The summed E-state index contributed by atoms with van der Waals surface area (Å²) in [7, 11) is 0. The van der Waals surface area contributed by atoms with E-state index in [4.69, 9.17) is 11.6 Å². The standard InChI is InChI=1S/C14H9BrClN3S/c15-10-3-1-9(2-4-10)14-12(8-18-19-14)20-13-6-5-11(16)7-17-13/h1-8H,(H,18,19). The monoisotopic (exact) mass is 365 g/mol. The van der Waals surface area contributed by atoms with Crippen LogP contribution in [-0.4, -0.2) is 15.2 Å². The van der Waals surface area contributed by atoms with Gasteiger partial charge in [0, 0.05) is 22.4 Å². The maximum absolute atomic E-state index is 5.84. The molecule has 2 aromatic heterocycles. The molecule has 0 aliphatic heterocycles. The zero-order valence-corrected chi connectivity index (χ0v) is 13.3. The largest absolute Gasteiger partial charge is 0.284 e. The molecule has 0 bridgehead atoms. The van der Waals surface area contributed by atoms with E-state index in [9.17, 15) is 0 Å². The second-order valence-corrected chi connectivity index (χ2v) is 6.44. The number of aromatic amines is 1. The lowest BCUT2D eigenvalue weighted by molar-refractivity contribution is 1.10. The highest BCUT2D eigenvalue weighted by molar-refractivity contribution is 9.10. The van der Waals surface area contributed by atoms with Gasteiger partial charge in [-0.2, -0.15) is 5.10 Å². The number of nitrogens with one attached hydrogen (secondary N) is 1. The van der Waals surface area contributed by atoms with Crippen LogP contribution in [0.1, 0.15) is 0 Å². The molecular weight excluding hydrogens is 358 g/mol. The van der Waals surface area contributed by atoms with Crippen molar-refractivity contribution in [1.29, 1.82) is 0 Å². The minimum atomic E-state index is 0.634. The molecule has 3 nitrogen and oxygen atoms in total. The maximum atomic E-state index is 5.84. The molecule has 0 fully saturated rings. The molecule has 0 saturated heterocycles. The highest BCUT2D eigenvalue weighted by atomic mass is 79.9. The van der Waals surface area contributed by atoms with Gasteiger partial charge in [-0.25, -0.2) is 4.98 Å². The van der Waals surface area contributed by atoms with Crippen LogP contribution in [0.5, 0.6) is 0 Å². The minimum Gasteiger partial charge on any atom is -0.284 e. The Kier molecular flexibility index (Phi) is 4.10. The maximum Gasteiger partial charge on any atom is 0.106 e. The second kappa shape index (κ2) is 5.99. The molecule has 0 unspecified atom stereocenters. The Morgan fingerprint density at radius 3 is 2.60 bits per heavy atom. The molecular formula is C14H9BrClN3S. The summed E-state index contributed by atoms with van der Waals surface area (Å²) < 4.78 is 1.05. The molecule has 3 rings (SSSR count). The zero-order valence-electron chi connectivity index (χ0n) is 10.2. The number of rotatable bonds is 3. The van der Waals surface area contributed by atoms with Gasteiger partial charge in [-0.1, -0.05) is 51.4 Å². The van der Waals surface area contributed by atoms with Crippen LogP contribution >= 0.6 is 39.3 Å².